The third-order valence-electron chi connectivity index (χ3n) is 4.03. The molecule has 3 heterocycles. The van der Waals surface area contributed by atoms with Crippen molar-refractivity contribution in [3.8, 4) is 6.07 Å². The smallest absolute Gasteiger partial charge is 0.203 e. The molecule has 1 unspecified atom stereocenters. The van der Waals surface area contributed by atoms with E-state index in [1.165, 1.54) is 0 Å². The van der Waals surface area contributed by atoms with Crippen LogP contribution in [0.15, 0.2) is 28.9 Å². The number of imidazole rings is 1. The van der Waals surface area contributed by atoms with Crippen molar-refractivity contribution in [2.24, 2.45) is 5.92 Å². The predicted molar refractivity (Wildman–Crippen MR) is 75.0 cm³/mol. The SMILES string of the molecule is N#Cc1ccc(CN2CCC(C(O)c3ncc[nH]3)CC2)o1. The number of H-pyrrole nitrogens is 1. The number of nitrogens with one attached hydrogen (secondary N) is 1. The number of furan rings is 1. The first kappa shape index (κ1) is 13.9. The van der Waals surface area contributed by atoms with Crippen LogP contribution >= 0.6 is 0 Å². The molecule has 2 N–H and O–H groups in total. The second-order valence-electron chi connectivity index (χ2n) is 5.41. The maximum atomic E-state index is 10.3. The lowest BCUT2D eigenvalue weighted by Crippen LogP contribution is -2.35. The number of nitrogens with zero attached hydrogens (tertiary/aromatic N) is 3. The number of aromatic amines is 1. The van der Waals surface area contributed by atoms with Gasteiger partial charge in [0.1, 0.15) is 23.8 Å². The molecular weight excluding hydrogens is 268 g/mol. The van der Waals surface area contributed by atoms with Crippen LogP contribution in [0.1, 0.15) is 36.3 Å². The summed E-state index contributed by atoms with van der Waals surface area (Å²) in [6.45, 7) is 2.53. The minimum atomic E-state index is -0.518. The van der Waals surface area contributed by atoms with E-state index in [2.05, 4.69) is 14.9 Å². The van der Waals surface area contributed by atoms with Gasteiger partial charge < -0.3 is 14.5 Å². The lowest BCUT2D eigenvalue weighted by atomic mass is 9.91. The number of aliphatic hydroxyl groups is 1. The topological polar surface area (TPSA) is 89.1 Å². The third kappa shape index (κ3) is 3.15. The second kappa shape index (κ2) is 6.12. The summed E-state index contributed by atoms with van der Waals surface area (Å²) < 4.78 is 5.40. The molecule has 6 nitrogen and oxygen atoms in total. The van der Waals surface area contributed by atoms with E-state index >= 15 is 0 Å². The van der Waals surface area contributed by atoms with Gasteiger partial charge in [0.2, 0.25) is 5.76 Å². The van der Waals surface area contributed by atoms with Crippen molar-refractivity contribution in [3.05, 3.63) is 41.9 Å². The Kier molecular flexibility index (Phi) is 4.04. The molecule has 0 saturated carbocycles. The van der Waals surface area contributed by atoms with Crippen LogP contribution in [0.3, 0.4) is 0 Å². The van der Waals surface area contributed by atoms with Crippen molar-refractivity contribution >= 4 is 0 Å². The Hall–Kier alpha value is -2.10. The fraction of sp³-hybridized carbons (Fsp3) is 0.467. The zero-order valence-corrected chi connectivity index (χ0v) is 11.7. The van der Waals surface area contributed by atoms with Crippen molar-refractivity contribution in [2.45, 2.75) is 25.5 Å². The number of aliphatic hydroxyl groups excluding tert-OH is 1. The van der Waals surface area contributed by atoms with Gasteiger partial charge in [0.15, 0.2) is 0 Å². The molecule has 1 aliphatic rings. The number of piperidine rings is 1. The molecule has 2 aromatic heterocycles. The van der Waals surface area contributed by atoms with Gasteiger partial charge in [-0.15, -0.1) is 0 Å². The number of rotatable bonds is 4. The van der Waals surface area contributed by atoms with Crippen LogP contribution in [0.4, 0.5) is 0 Å². The number of hydrogen-bond acceptors (Lipinski definition) is 5. The minimum absolute atomic E-state index is 0.235. The van der Waals surface area contributed by atoms with E-state index in [9.17, 15) is 5.11 Å². The predicted octanol–water partition coefficient (Wildman–Crippen LogP) is 1.82. The molecule has 0 spiro atoms. The lowest BCUT2D eigenvalue weighted by Gasteiger charge is -2.33. The Morgan fingerprint density at radius 1 is 1.48 bits per heavy atom. The molecule has 1 fully saturated rings. The maximum Gasteiger partial charge on any atom is 0.203 e. The highest BCUT2D eigenvalue weighted by atomic mass is 16.3. The van der Waals surface area contributed by atoms with Crippen LogP contribution in [-0.2, 0) is 6.54 Å². The Morgan fingerprint density at radius 3 is 2.90 bits per heavy atom. The lowest BCUT2D eigenvalue weighted by molar-refractivity contribution is 0.0497. The van der Waals surface area contributed by atoms with Gasteiger partial charge in [0.05, 0.1) is 6.54 Å². The molecule has 2 aromatic rings. The molecule has 0 aromatic carbocycles. The average Bonchev–Trinajstić information content (AvgIpc) is 3.19. The largest absolute Gasteiger partial charge is 0.449 e. The van der Waals surface area contributed by atoms with Crippen molar-refractivity contribution < 1.29 is 9.52 Å². The normalized spacial score (nSPS) is 18.5. The van der Waals surface area contributed by atoms with E-state index in [1.54, 1.807) is 18.5 Å². The first-order valence-electron chi connectivity index (χ1n) is 7.15. The summed E-state index contributed by atoms with van der Waals surface area (Å²) in [4.78, 5) is 9.38. The van der Waals surface area contributed by atoms with Crippen LogP contribution in [0.2, 0.25) is 0 Å². The highest BCUT2D eigenvalue weighted by molar-refractivity contribution is 5.19. The minimum Gasteiger partial charge on any atom is -0.449 e. The molecule has 1 atom stereocenters. The molecule has 0 amide bonds. The van der Waals surface area contributed by atoms with E-state index < -0.39 is 6.10 Å². The van der Waals surface area contributed by atoms with Gasteiger partial charge in [0, 0.05) is 12.4 Å². The van der Waals surface area contributed by atoms with Crippen LogP contribution in [-0.4, -0.2) is 33.1 Å². The number of aromatic nitrogens is 2. The van der Waals surface area contributed by atoms with Gasteiger partial charge in [-0.2, -0.15) is 5.26 Å². The molecule has 0 aliphatic carbocycles. The molecule has 6 heteroatoms. The van der Waals surface area contributed by atoms with E-state index in [0.717, 1.165) is 31.7 Å². The monoisotopic (exact) mass is 286 g/mol. The zero-order chi connectivity index (χ0) is 14.7. The Labute approximate surface area is 123 Å². The highest BCUT2D eigenvalue weighted by Gasteiger charge is 2.27. The number of nitriles is 1. The van der Waals surface area contributed by atoms with Gasteiger partial charge in [0.25, 0.3) is 0 Å². The van der Waals surface area contributed by atoms with E-state index in [4.69, 9.17) is 9.68 Å². The first-order valence-corrected chi connectivity index (χ1v) is 7.15. The Balaban J connectivity index is 1.52. The fourth-order valence-corrected chi connectivity index (χ4v) is 2.83. The van der Waals surface area contributed by atoms with Crippen molar-refractivity contribution in [1.29, 1.82) is 5.26 Å². The highest BCUT2D eigenvalue weighted by Crippen LogP contribution is 2.29. The molecule has 0 radical (unpaired) electrons. The van der Waals surface area contributed by atoms with Gasteiger partial charge in [-0.3, -0.25) is 4.90 Å². The summed E-state index contributed by atoms with van der Waals surface area (Å²) in [5.74, 6) is 2.06. The summed E-state index contributed by atoms with van der Waals surface area (Å²) in [6.07, 6.45) is 4.73. The molecule has 0 bridgehead atoms. The van der Waals surface area contributed by atoms with Crippen LogP contribution in [0.5, 0.6) is 0 Å². The first-order chi connectivity index (χ1) is 10.3. The molecule has 1 aliphatic heterocycles. The average molecular weight is 286 g/mol. The van der Waals surface area contributed by atoms with Gasteiger partial charge in [-0.1, -0.05) is 0 Å². The second-order valence-corrected chi connectivity index (χ2v) is 5.41. The van der Waals surface area contributed by atoms with E-state index in [-0.39, 0.29) is 5.92 Å². The van der Waals surface area contributed by atoms with Gasteiger partial charge in [-0.25, -0.2) is 4.98 Å². The van der Waals surface area contributed by atoms with E-state index in [0.29, 0.717) is 18.1 Å². The van der Waals surface area contributed by atoms with E-state index in [1.807, 2.05) is 12.1 Å². The summed E-state index contributed by atoms with van der Waals surface area (Å²) in [7, 11) is 0. The molecular formula is C15H18N4O2. The third-order valence-corrected chi connectivity index (χ3v) is 4.03. The molecule has 110 valence electrons. The number of likely N-dealkylation sites (tertiary alicyclic amines) is 1. The zero-order valence-electron chi connectivity index (χ0n) is 11.7. The van der Waals surface area contributed by atoms with Crippen LogP contribution < -0.4 is 0 Å². The molecule has 1 saturated heterocycles. The fourth-order valence-electron chi connectivity index (χ4n) is 2.83. The maximum absolute atomic E-state index is 10.3. The summed E-state index contributed by atoms with van der Waals surface area (Å²) >= 11 is 0. The molecule has 3 rings (SSSR count). The number of hydrogen-bond donors (Lipinski definition) is 2. The standard InChI is InChI=1S/C15H18N4O2/c16-9-12-1-2-13(21-12)10-19-7-3-11(4-8-19)14(20)15-17-5-6-18-15/h1-2,5-6,11,14,20H,3-4,7-8,10H2,(H,17,18). The van der Waals surface area contributed by atoms with Crippen LogP contribution in [0.25, 0.3) is 0 Å². The molecule has 21 heavy (non-hydrogen) atoms. The summed E-state index contributed by atoms with van der Waals surface area (Å²) in [6, 6.07) is 5.54. The van der Waals surface area contributed by atoms with Gasteiger partial charge in [-0.05, 0) is 44.0 Å². The van der Waals surface area contributed by atoms with Crippen molar-refractivity contribution in [3.63, 3.8) is 0 Å². The van der Waals surface area contributed by atoms with Crippen LogP contribution in [0, 0.1) is 17.2 Å². The van der Waals surface area contributed by atoms with Crippen molar-refractivity contribution in [1.82, 2.24) is 14.9 Å². The van der Waals surface area contributed by atoms with Gasteiger partial charge >= 0.3 is 0 Å². The van der Waals surface area contributed by atoms with Crippen molar-refractivity contribution in [2.75, 3.05) is 13.1 Å². The Morgan fingerprint density at radius 2 is 2.29 bits per heavy atom. The quantitative estimate of drug-likeness (QED) is 0.895. The Bertz CT molecular complexity index is 606. The summed E-state index contributed by atoms with van der Waals surface area (Å²) in [5, 5.41) is 19.0. The summed E-state index contributed by atoms with van der Waals surface area (Å²) in [5.41, 5.74) is 0.